The second kappa shape index (κ2) is 26.9. The first-order valence-corrected chi connectivity index (χ1v) is 24.1. The number of carbonyl (C=O) groups is 8. The molecular formula is C52H68ClN3O16. The van der Waals surface area contributed by atoms with Crippen molar-refractivity contribution in [2.45, 2.75) is 148 Å². The van der Waals surface area contributed by atoms with Crippen molar-refractivity contribution in [1.29, 1.82) is 0 Å². The number of unbranched alkanes of at least 4 members (excludes halogenated alkanes) is 1. The summed E-state index contributed by atoms with van der Waals surface area (Å²) in [6.07, 6.45) is -1.53. The second-order valence-corrected chi connectivity index (χ2v) is 19.1. The Morgan fingerprint density at radius 1 is 0.944 bits per heavy atom. The van der Waals surface area contributed by atoms with Crippen molar-refractivity contribution in [3.05, 3.63) is 82.9 Å². The van der Waals surface area contributed by atoms with Gasteiger partial charge in [-0.05, 0) is 87.8 Å². The SMILES string of the molecule is C=CC[C@]1(C(=O)OC)C[C@H](OC(C)=O)[C@@H](NC(=O)OC(C)(C)C)[C@H]([C@H](OC(C)=O)[C@@H](CNC(=O)c2cc(Cl)c(OC(C)=O)c(CCCC[C@H](NC(=O)C3CCCOC3)c3cccc(C=C)c3)c2)OC(C)=O)O1. The quantitative estimate of drug-likeness (QED) is 0.0370. The normalized spacial score (nSPS) is 21.0. The molecule has 0 spiro atoms. The first-order chi connectivity index (χ1) is 34.0. The smallest absolute Gasteiger partial charge is 0.408 e. The van der Waals surface area contributed by atoms with Crippen LogP contribution < -0.4 is 20.7 Å². The summed E-state index contributed by atoms with van der Waals surface area (Å²) in [7, 11) is 1.10. The molecule has 2 aromatic rings. The van der Waals surface area contributed by atoms with Crippen molar-refractivity contribution < 1.29 is 76.3 Å². The van der Waals surface area contributed by atoms with Crippen molar-refractivity contribution in [2.75, 3.05) is 26.9 Å². The first-order valence-electron chi connectivity index (χ1n) is 23.8. The Labute approximate surface area is 425 Å². The number of esters is 5. The van der Waals surface area contributed by atoms with Crippen LogP contribution in [0.2, 0.25) is 5.02 Å². The molecule has 0 aliphatic carbocycles. The Morgan fingerprint density at radius 3 is 2.26 bits per heavy atom. The van der Waals surface area contributed by atoms with Gasteiger partial charge >= 0.3 is 35.9 Å². The molecule has 0 radical (unpaired) electrons. The number of benzene rings is 2. The van der Waals surface area contributed by atoms with Crippen molar-refractivity contribution in [3.63, 3.8) is 0 Å². The van der Waals surface area contributed by atoms with Gasteiger partial charge in [-0.15, -0.1) is 6.58 Å². The van der Waals surface area contributed by atoms with Crippen molar-refractivity contribution in [3.8, 4) is 5.75 Å². The van der Waals surface area contributed by atoms with Gasteiger partial charge in [-0.3, -0.25) is 28.8 Å². The summed E-state index contributed by atoms with van der Waals surface area (Å²) in [5.41, 5.74) is -0.770. The third-order valence-electron chi connectivity index (χ3n) is 11.7. The highest BCUT2D eigenvalue weighted by molar-refractivity contribution is 6.32. The molecule has 2 aromatic carbocycles. The van der Waals surface area contributed by atoms with Crippen LogP contribution in [-0.4, -0.2) is 116 Å². The Morgan fingerprint density at radius 2 is 1.67 bits per heavy atom. The number of hydrogen-bond acceptors (Lipinski definition) is 16. The Bertz CT molecular complexity index is 2310. The van der Waals surface area contributed by atoms with Gasteiger partial charge in [-0.2, -0.15) is 0 Å². The van der Waals surface area contributed by atoms with Crippen LogP contribution in [0.5, 0.6) is 5.75 Å². The minimum Gasteiger partial charge on any atom is -0.467 e. The minimum absolute atomic E-state index is 0.00147. The molecule has 2 saturated heterocycles. The van der Waals surface area contributed by atoms with Crippen molar-refractivity contribution in [2.24, 2.45) is 5.92 Å². The van der Waals surface area contributed by atoms with E-state index in [0.717, 1.165) is 51.8 Å². The lowest BCUT2D eigenvalue weighted by atomic mass is 9.81. The standard InChI is InChI=1S/C52H68ClN3O16/c1-11-22-52(49(63)65-10)27-41(67-30(3)57)43(56-50(64)72-51(7,8)9)46(71-52)45(70-33(6)60)42(68-31(4)58)28-54-47(61)38-25-36(44(39(53)26-38)69-32(5)59)18-13-14-21-40(35-19-15-17-34(12-2)24-35)55-48(62)37-20-16-23-66-29-37/h11-12,15,17,19,24-26,37,40-43,45-46H,1-2,13-14,16,18,20-23,27-29H2,3-10H3,(H,54,61)(H,55,62)(H,56,64)/t37?,40-,41-,42+,43+,45+,46+,52+/m0/s1. The maximum Gasteiger partial charge on any atom is 0.408 e. The molecule has 3 amide bonds. The summed E-state index contributed by atoms with van der Waals surface area (Å²) >= 11 is 6.71. The molecule has 3 N–H and O–H groups in total. The molecule has 72 heavy (non-hydrogen) atoms. The number of amides is 3. The van der Waals surface area contributed by atoms with Gasteiger partial charge in [0.05, 0.1) is 43.3 Å². The van der Waals surface area contributed by atoms with E-state index < -0.39 is 90.1 Å². The van der Waals surface area contributed by atoms with E-state index in [0.29, 0.717) is 38.0 Å². The van der Waals surface area contributed by atoms with Gasteiger partial charge < -0.3 is 53.8 Å². The van der Waals surface area contributed by atoms with E-state index in [1.807, 2.05) is 24.3 Å². The van der Waals surface area contributed by atoms with E-state index in [-0.39, 0.29) is 53.5 Å². The summed E-state index contributed by atoms with van der Waals surface area (Å²) < 4.78 is 45.4. The number of ether oxygens (including phenoxy) is 8. The zero-order valence-corrected chi connectivity index (χ0v) is 43.0. The lowest BCUT2D eigenvalue weighted by Gasteiger charge is -2.49. The summed E-state index contributed by atoms with van der Waals surface area (Å²) in [5.74, 6) is -5.31. The summed E-state index contributed by atoms with van der Waals surface area (Å²) in [5, 5.41) is 8.46. The largest absolute Gasteiger partial charge is 0.467 e. The van der Waals surface area contributed by atoms with Crippen LogP contribution in [-0.2, 0) is 68.3 Å². The number of rotatable bonds is 22. The van der Waals surface area contributed by atoms with E-state index in [4.69, 9.17) is 49.5 Å². The van der Waals surface area contributed by atoms with Crippen LogP contribution in [0, 0.1) is 5.92 Å². The molecule has 0 saturated carbocycles. The van der Waals surface area contributed by atoms with Gasteiger partial charge in [0, 0.05) is 52.7 Å². The molecule has 20 heteroatoms. The molecule has 0 bridgehead atoms. The monoisotopic (exact) mass is 1030 g/mol. The van der Waals surface area contributed by atoms with Crippen molar-refractivity contribution >= 4 is 65.4 Å². The molecule has 2 aliphatic heterocycles. The van der Waals surface area contributed by atoms with Gasteiger partial charge in [0.25, 0.3) is 5.91 Å². The molecular weight excluding hydrogens is 958 g/mol. The Balaban J connectivity index is 1.67. The zero-order chi connectivity index (χ0) is 53.3. The third kappa shape index (κ3) is 17.2. The average molecular weight is 1030 g/mol. The van der Waals surface area contributed by atoms with E-state index >= 15 is 0 Å². The molecule has 4 rings (SSSR count). The highest BCUT2D eigenvalue weighted by Gasteiger charge is 2.58. The minimum atomic E-state index is -1.96. The predicted molar refractivity (Wildman–Crippen MR) is 262 cm³/mol. The number of hydrogen-bond donors (Lipinski definition) is 3. The highest BCUT2D eigenvalue weighted by atomic mass is 35.5. The molecule has 0 aromatic heterocycles. The van der Waals surface area contributed by atoms with Crippen LogP contribution in [0.4, 0.5) is 4.79 Å². The first kappa shape index (κ1) is 58.3. The maximum absolute atomic E-state index is 14.2. The van der Waals surface area contributed by atoms with Crippen molar-refractivity contribution in [1.82, 2.24) is 16.0 Å². The summed E-state index contributed by atoms with van der Waals surface area (Å²) in [4.78, 5) is 105. The number of aryl methyl sites for hydroxylation is 1. The molecule has 1 unspecified atom stereocenters. The third-order valence-corrected chi connectivity index (χ3v) is 11.9. The highest BCUT2D eigenvalue weighted by Crippen LogP contribution is 2.39. The summed E-state index contributed by atoms with van der Waals surface area (Å²) in [6.45, 7) is 17.3. The molecule has 8 atom stereocenters. The van der Waals surface area contributed by atoms with Crippen LogP contribution in [0.3, 0.4) is 0 Å². The topological polar surface area (TPSA) is 246 Å². The molecule has 394 valence electrons. The van der Waals surface area contributed by atoms with E-state index in [1.165, 1.54) is 25.1 Å². The molecule has 2 heterocycles. The Kier molecular flexibility index (Phi) is 21.8. The van der Waals surface area contributed by atoms with E-state index in [1.54, 1.807) is 26.8 Å². The lowest BCUT2D eigenvalue weighted by Crippen LogP contribution is -2.69. The molecule has 19 nitrogen and oxygen atoms in total. The number of alkyl carbamates (subject to hydrolysis) is 1. The van der Waals surface area contributed by atoms with Gasteiger partial charge in [0.1, 0.15) is 17.8 Å². The van der Waals surface area contributed by atoms with Crippen LogP contribution >= 0.6 is 11.6 Å². The predicted octanol–water partition coefficient (Wildman–Crippen LogP) is 6.60. The average Bonchev–Trinajstić information content (AvgIpc) is 3.31. The molecule has 2 aliphatic rings. The van der Waals surface area contributed by atoms with Gasteiger partial charge in [0.2, 0.25) is 5.91 Å². The number of methoxy groups -OCH3 is 1. The van der Waals surface area contributed by atoms with E-state index in [9.17, 15) is 38.4 Å². The van der Waals surface area contributed by atoms with E-state index in [2.05, 4.69) is 29.1 Å². The number of nitrogens with one attached hydrogen (secondary N) is 3. The second-order valence-electron chi connectivity index (χ2n) is 18.7. The fourth-order valence-corrected chi connectivity index (χ4v) is 8.94. The fourth-order valence-electron chi connectivity index (χ4n) is 8.66. The van der Waals surface area contributed by atoms with Gasteiger partial charge in [-0.1, -0.05) is 55.0 Å². The van der Waals surface area contributed by atoms with Gasteiger partial charge in [0.15, 0.2) is 23.6 Å². The maximum atomic E-state index is 14.2. The lowest BCUT2D eigenvalue weighted by molar-refractivity contribution is -0.238. The summed E-state index contributed by atoms with van der Waals surface area (Å²) in [6, 6.07) is 8.71. The van der Waals surface area contributed by atoms with Crippen LogP contribution in [0.1, 0.15) is 127 Å². The number of carbonyl (C=O) groups excluding carboxylic acids is 8. The fraction of sp³-hybridized carbons (Fsp3) is 0.538. The number of halogens is 1. The van der Waals surface area contributed by atoms with Crippen LogP contribution in [0.25, 0.3) is 6.08 Å². The Hall–Kier alpha value is -6.31. The van der Waals surface area contributed by atoms with Gasteiger partial charge in [-0.25, -0.2) is 9.59 Å². The van der Waals surface area contributed by atoms with Crippen LogP contribution in [0.15, 0.2) is 55.6 Å². The molecule has 2 fully saturated rings. The zero-order valence-electron chi connectivity index (χ0n) is 42.3.